The number of anilines is 1. The summed E-state index contributed by atoms with van der Waals surface area (Å²) < 4.78 is 6.00. The Labute approximate surface area is 209 Å². The van der Waals surface area contributed by atoms with Crippen LogP contribution in [0.15, 0.2) is 78.9 Å². The number of non-ortho nitro benzene ring substituents is 1. The zero-order valence-electron chi connectivity index (χ0n) is 17.5. The lowest BCUT2D eigenvalue weighted by Crippen LogP contribution is -2.27. The summed E-state index contributed by atoms with van der Waals surface area (Å²) >= 11 is 14.5. The van der Waals surface area contributed by atoms with Gasteiger partial charge in [-0.25, -0.2) is 0 Å². The van der Waals surface area contributed by atoms with Gasteiger partial charge in [0.25, 0.3) is 5.69 Å². The van der Waals surface area contributed by atoms with Crippen molar-refractivity contribution in [3.05, 3.63) is 105 Å². The van der Waals surface area contributed by atoms with Gasteiger partial charge in [0.15, 0.2) is 0 Å². The van der Waals surface area contributed by atoms with Gasteiger partial charge in [-0.05, 0) is 35.2 Å². The maximum Gasteiger partial charge on any atom is 0.269 e. The number of thioether (sulfide) groups is 1. The van der Waals surface area contributed by atoms with Gasteiger partial charge in [-0.15, -0.1) is 11.8 Å². The van der Waals surface area contributed by atoms with E-state index >= 15 is 0 Å². The highest BCUT2D eigenvalue weighted by molar-refractivity contribution is 8.00. The lowest BCUT2D eigenvalue weighted by Gasteiger charge is -2.25. The lowest BCUT2D eigenvalue weighted by atomic mass is 10.1. The molecule has 1 heterocycles. The molecule has 1 amide bonds. The number of halogens is 2. The second-order valence-electron chi connectivity index (χ2n) is 7.59. The minimum Gasteiger partial charge on any atom is -0.454 e. The molecule has 1 saturated heterocycles. The van der Waals surface area contributed by atoms with Gasteiger partial charge in [0.2, 0.25) is 5.91 Å². The lowest BCUT2D eigenvalue weighted by molar-refractivity contribution is -0.384. The molecular weight excluding hydrogens is 495 g/mol. The first-order chi connectivity index (χ1) is 16.4. The number of ether oxygens (including phenoxy) is 1. The van der Waals surface area contributed by atoms with Gasteiger partial charge in [0.1, 0.15) is 16.9 Å². The molecule has 5 rings (SSSR count). The normalized spacial score (nSPS) is 15.6. The highest BCUT2D eigenvalue weighted by Crippen LogP contribution is 2.45. The van der Waals surface area contributed by atoms with Crippen molar-refractivity contribution >= 4 is 63.0 Å². The van der Waals surface area contributed by atoms with Gasteiger partial charge in [-0.2, -0.15) is 0 Å². The Morgan fingerprint density at radius 2 is 1.76 bits per heavy atom. The molecule has 6 nitrogen and oxygen atoms in total. The molecule has 4 aromatic rings. The number of nitrogens with zero attached hydrogens (tertiary/aromatic N) is 2. The summed E-state index contributed by atoms with van der Waals surface area (Å²) in [6.45, 7) is 0. The van der Waals surface area contributed by atoms with Crippen molar-refractivity contribution in [3.8, 4) is 11.5 Å². The van der Waals surface area contributed by atoms with Crippen LogP contribution in [-0.2, 0) is 4.79 Å². The molecule has 0 aromatic heterocycles. The smallest absolute Gasteiger partial charge is 0.269 e. The number of carbonyl (C=O) groups is 1. The van der Waals surface area contributed by atoms with Crippen molar-refractivity contribution in [2.24, 2.45) is 0 Å². The van der Waals surface area contributed by atoms with Gasteiger partial charge in [0.05, 0.1) is 20.7 Å². The molecule has 170 valence electrons. The first-order valence-electron chi connectivity index (χ1n) is 10.2. The number of hydrogen-bond acceptors (Lipinski definition) is 5. The summed E-state index contributed by atoms with van der Waals surface area (Å²) in [5.41, 5.74) is 1.23. The Morgan fingerprint density at radius 1 is 0.971 bits per heavy atom. The Morgan fingerprint density at radius 3 is 2.56 bits per heavy atom. The number of nitro benzene ring substituents is 1. The quantitative estimate of drug-likeness (QED) is 0.204. The fourth-order valence-corrected chi connectivity index (χ4v) is 5.53. The van der Waals surface area contributed by atoms with E-state index in [0.717, 1.165) is 10.8 Å². The highest BCUT2D eigenvalue weighted by Gasteiger charge is 2.35. The van der Waals surface area contributed by atoms with E-state index in [-0.39, 0.29) is 17.3 Å². The molecule has 0 spiro atoms. The summed E-state index contributed by atoms with van der Waals surface area (Å²) in [4.78, 5) is 25.1. The Balaban J connectivity index is 1.45. The van der Waals surface area contributed by atoms with E-state index in [0.29, 0.717) is 32.8 Å². The van der Waals surface area contributed by atoms with E-state index in [2.05, 4.69) is 0 Å². The van der Waals surface area contributed by atoms with E-state index in [1.807, 2.05) is 30.3 Å². The van der Waals surface area contributed by atoms with Crippen molar-refractivity contribution in [1.29, 1.82) is 0 Å². The average molecular weight is 511 g/mol. The SMILES string of the molecule is O=C1CSC(c2cccc([N+](=O)[O-])c2)N1c1ccc(Oc2ccc3ccccc3c2Cl)c(Cl)c1. The van der Waals surface area contributed by atoms with Crippen LogP contribution in [0.3, 0.4) is 0 Å². The van der Waals surface area contributed by atoms with Gasteiger partial charge >= 0.3 is 0 Å². The summed E-state index contributed by atoms with van der Waals surface area (Å²) in [7, 11) is 0. The predicted octanol–water partition coefficient (Wildman–Crippen LogP) is 7.63. The van der Waals surface area contributed by atoms with Crippen molar-refractivity contribution < 1.29 is 14.5 Å². The molecule has 0 radical (unpaired) electrons. The van der Waals surface area contributed by atoms with Gasteiger partial charge < -0.3 is 4.74 Å². The fraction of sp³-hybridized carbons (Fsp3) is 0.0800. The number of fused-ring (bicyclic) bond motifs is 1. The molecule has 1 unspecified atom stereocenters. The van der Waals surface area contributed by atoms with Gasteiger partial charge in [-0.1, -0.05) is 65.7 Å². The van der Waals surface area contributed by atoms with E-state index in [1.165, 1.54) is 23.9 Å². The summed E-state index contributed by atoms with van der Waals surface area (Å²) in [5, 5.41) is 13.5. The minimum atomic E-state index is -0.448. The third kappa shape index (κ3) is 4.18. The van der Waals surface area contributed by atoms with Crippen molar-refractivity contribution in [1.82, 2.24) is 0 Å². The zero-order chi connectivity index (χ0) is 23.8. The number of amides is 1. The summed E-state index contributed by atoms with van der Waals surface area (Å²) in [6.07, 6.45) is 0. The van der Waals surface area contributed by atoms with Crippen molar-refractivity contribution in [2.45, 2.75) is 5.37 Å². The third-order valence-corrected chi connectivity index (χ3v) is 7.37. The van der Waals surface area contributed by atoms with E-state index in [4.69, 9.17) is 27.9 Å². The van der Waals surface area contributed by atoms with Crippen LogP contribution in [0.1, 0.15) is 10.9 Å². The molecule has 0 bridgehead atoms. The molecule has 0 N–H and O–H groups in total. The van der Waals surface area contributed by atoms with Crippen LogP contribution >= 0.6 is 35.0 Å². The van der Waals surface area contributed by atoms with Crippen LogP contribution in [0.4, 0.5) is 11.4 Å². The molecule has 0 aliphatic carbocycles. The van der Waals surface area contributed by atoms with E-state index in [1.54, 1.807) is 41.3 Å². The molecule has 34 heavy (non-hydrogen) atoms. The predicted molar refractivity (Wildman–Crippen MR) is 136 cm³/mol. The minimum absolute atomic E-state index is 0.0218. The molecule has 1 fully saturated rings. The van der Waals surface area contributed by atoms with Crippen LogP contribution in [0, 0.1) is 10.1 Å². The summed E-state index contributed by atoms with van der Waals surface area (Å²) in [6, 6.07) is 22.8. The monoisotopic (exact) mass is 510 g/mol. The van der Waals surface area contributed by atoms with Crippen LogP contribution in [-0.4, -0.2) is 16.6 Å². The Kier molecular flexibility index (Phi) is 6.08. The number of carbonyl (C=O) groups excluding carboxylic acids is 1. The van der Waals surface area contributed by atoms with E-state index in [9.17, 15) is 14.9 Å². The Bertz CT molecular complexity index is 1450. The number of benzene rings is 4. The third-order valence-electron chi connectivity index (χ3n) is 5.48. The maximum absolute atomic E-state index is 12.7. The first-order valence-corrected chi connectivity index (χ1v) is 12.1. The number of nitro groups is 1. The average Bonchev–Trinajstić information content (AvgIpc) is 3.23. The largest absolute Gasteiger partial charge is 0.454 e. The first kappa shape index (κ1) is 22.5. The second-order valence-corrected chi connectivity index (χ2v) is 9.45. The summed E-state index contributed by atoms with van der Waals surface area (Å²) in [5.74, 6) is 1.02. The molecule has 4 aromatic carbocycles. The van der Waals surface area contributed by atoms with Crippen molar-refractivity contribution in [3.63, 3.8) is 0 Å². The molecule has 1 atom stereocenters. The molecule has 9 heteroatoms. The molecule has 1 aliphatic rings. The molecular formula is C25H16Cl2N2O4S. The fourth-order valence-electron chi connectivity index (χ4n) is 3.87. The number of rotatable bonds is 5. The second kappa shape index (κ2) is 9.18. The van der Waals surface area contributed by atoms with E-state index < -0.39 is 10.3 Å². The van der Waals surface area contributed by atoms with Gasteiger partial charge in [0, 0.05) is 23.2 Å². The maximum atomic E-state index is 12.7. The van der Waals surface area contributed by atoms with Crippen LogP contribution < -0.4 is 9.64 Å². The molecule has 0 saturated carbocycles. The molecule has 1 aliphatic heterocycles. The zero-order valence-corrected chi connectivity index (χ0v) is 19.8. The van der Waals surface area contributed by atoms with Crippen molar-refractivity contribution in [2.75, 3.05) is 10.7 Å². The standard InChI is InChI=1S/C25H16Cl2N2O4S/c26-20-13-17(28-23(30)14-34-25(28)16-5-3-6-18(12-16)29(31)32)9-11-21(20)33-22-10-8-15-4-1-2-7-19(15)24(22)27/h1-13,25H,14H2. The van der Waals surface area contributed by atoms with Crippen LogP contribution in [0.5, 0.6) is 11.5 Å². The Hall–Kier alpha value is -3.26. The highest BCUT2D eigenvalue weighted by atomic mass is 35.5. The number of hydrogen-bond donors (Lipinski definition) is 0. The van der Waals surface area contributed by atoms with Crippen LogP contribution in [0.25, 0.3) is 10.8 Å². The van der Waals surface area contributed by atoms with Gasteiger partial charge in [-0.3, -0.25) is 19.8 Å². The topological polar surface area (TPSA) is 72.7 Å². The van der Waals surface area contributed by atoms with Crippen LogP contribution in [0.2, 0.25) is 10.0 Å².